The highest BCUT2D eigenvalue weighted by Crippen LogP contribution is 2.18. The maximum absolute atomic E-state index is 11.6. The van der Waals surface area contributed by atoms with Crippen LogP contribution in [0.25, 0.3) is 0 Å². The van der Waals surface area contributed by atoms with E-state index in [0.29, 0.717) is 18.2 Å². The highest BCUT2D eigenvalue weighted by molar-refractivity contribution is 5.89. The molecule has 110 valence electrons. The first kappa shape index (κ1) is 14.9. The SMILES string of the molecule is CCOC(=O)c1ccc(OC(C)C2CCCCN2)cc1. The van der Waals surface area contributed by atoms with E-state index in [4.69, 9.17) is 9.47 Å². The zero-order chi connectivity index (χ0) is 14.4. The summed E-state index contributed by atoms with van der Waals surface area (Å²) in [5.41, 5.74) is 0.558. The summed E-state index contributed by atoms with van der Waals surface area (Å²) in [6, 6.07) is 7.55. The number of esters is 1. The topological polar surface area (TPSA) is 47.6 Å². The van der Waals surface area contributed by atoms with Gasteiger partial charge in [-0.1, -0.05) is 6.42 Å². The standard InChI is InChI=1S/C16H23NO3/c1-3-19-16(18)13-7-9-14(10-8-13)20-12(2)15-6-4-5-11-17-15/h7-10,12,15,17H,3-6,11H2,1-2H3. The van der Waals surface area contributed by atoms with Crippen LogP contribution in [0.15, 0.2) is 24.3 Å². The van der Waals surface area contributed by atoms with Crippen LogP contribution < -0.4 is 10.1 Å². The quantitative estimate of drug-likeness (QED) is 0.841. The van der Waals surface area contributed by atoms with Gasteiger partial charge in [0.05, 0.1) is 12.2 Å². The molecule has 0 spiro atoms. The van der Waals surface area contributed by atoms with Crippen LogP contribution in [0.3, 0.4) is 0 Å². The molecule has 1 N–H and O–H groups in total. The van der Waals surface area contributed by atoms with Crippen LogP contribution in [0.2, 0.25) is 0 Å². The van der Waals surface area contributed by atoms with Crippen molar-refractivity contribution >= 4 is 5.97 Å². The summed E-state index contributed by atoms with van der Waals surface area (Å²) in [5, 5.41) is 3.49. The highest BCUT2D eigenvalue weighted by Gasteiger charge is 2.20. The van der Waals surface area contributed by atoms with Gasteiger partial charge in [-0.3, -0.25) is 0 Å². The van der Waals surface area contributed by atoms with Crippen LogP contribution >= 0.6 is 0 Å². The molecule has 1 aromatic rings. The molecule has 1 aliphatic rings. The molecule has 1 aromatic carbocycles. The number of nitrogens with one attached hydrogen (secondary N) is 1. The molecule has 1 aliphatic heterocycles. The van der Waals surface area contributed by atoms with Gasteiger partial charge in [0.25, 0.3) is 0 Å². The number of ether oxygens (including phenoxy) is 2. The molecule has 0 amide bonds. The van der Waals surface area contributed by atoms with Crippen molar-refractivity contribution in [2.45, 2.75) is 45.3 Å². The summed E-state index contributed by atoms with van der Waals surface area (Å²) in [6.07, 6.45) is 3.79. The third kappa shape index (κ3) is 3.97. The Morgan fingerprint density at radius 1 is 1.35 bits per heavy atom. The average Bonchev–Trinajstić information content (AvgIpc) is 2.49. The Morgan fingerprint density at radius 3 is 2.70 bits per heavy atom. The maximum atomic E-state index is 11.6. The number of piperidine rings is 1. The lowest BCUT2D eigenvalue weighted by Gasteiger charge is -2.29. The third-order valence-electron chi connectivity index (χ3n) is 3.60. The van der Waals surface area contributed by atoms with E-state index in [0.717, 1.165) is 18.7 Å². The van der Waals surface area contributed by atoms with Gasteiger partial charge in [-0.2, -0.15) is 0 Å². The van der Waals surface area contributed by atoms with Crippen molar-refractivity contribution in [2.75, 3.05) is 13.2 Å². The normalized spacial score (nSPS) is 20.2. The second-order valence-electron chi connectivity index (χ2n) is 5.12. The molecule has 0 bridgehead atoms. The summed E-state index contributed by atoms with van der Waals surface area (Å²) in [4.78, 5) is 11.6. The molecule has 1 fully saturated rings. The van der Waals surface area contributed by atoms with Gasteiger partial charge in [-0.05, 0) is 57.5 Å². The number of hydrogen-bond donors (Lipinski definition) is 1. The van der Waals surface area contributed by atoms with E-state index in [9.17, 15) is 4.79 Å². The van der Waals surface area contributed by atoms with E-state index in [2.05, 4.69) is 12.2 Å². The van der Waals surface area contributed by atoms with Gasteiger partial charge in [0, 0.05) is 6.04 Å². The fourth-order valence-electron chi connectivity index (χ4n) is 2.46. The van der Waals surface area contributed by atoms with Crippen LogP contribution in [-0.4, -0.2) is 31.3 Å². The molecule has 0 aliphatic carbocycles. The smallest absolute Gasteiger partial charge is 0.338 e. The largest absolute Gasteiger partial charge is 0.489 e. The fourth-order valence-corrected chi connectivity index (χ4v) is 2.46. The van der Waals surface area contributed by atoms with E-state index in [1.54, 1.807) is 19.1 Å². The number of hydrogen-bond acceptors (Lipinski definition) is 4. The maximum Gasteiger partial charge on any atom is 0.338 e. The molecular formula is C16H23NO3. The lowest BCUT2D eigenvalue weighted by Crippen LogP contribution is -2.44. The Morgan fingerprint density at radius 2 is 2.10 bits per heavy atom. The van der Waals surface area contributed by atoms with Gasteiger partial charge < -0.3 is 14.8 Å². The van der Waals surface area contributed by atoms with E-state index < -0.39 is 0 Å². The first-order chi connectivity index (χ1) is 9.70. The van der Waals surface area contributed by atoms with Crippen LogP contribution in [0.4, 0.5) is 0 Å². The van der Waals surface area contributed by atoms with Gasteiger partial charge in [0.2, 0.25) is 0 Å². The molecule has 20 heavy (non-hydrogen) atoms. The molecule has 4 nitrogen and oxygen atoms in total. The Balaban J connectivity index is 1.91. The molecule has 2 unspecified atom stereocenters. The molecule has 0 radical (unpaired) electrons. The Kier molecular flexibility index (Phi) is 5.41. The van der Waals surface area contributed by atoms with Gasteiger partial charge in [-0.25, -0.2) is 4.79 Å². The number of carbonyl (C=O) groups excluding carboxylic acids is 1. The van der Waals surface area contributed by atoms with Crippen LogP contribution in [0.5, 0.6) is 5.75 Å². The monoisotopic (exact) mass is 277 g/mol. The van der Waals surface area contributed by atoms with Gasteiger partial charge in [0.15, 0.2) is 0 Å². The van der Waals surface area contributed by atoms with Crippen molar-refractivity contribution in [2.24, 2.45) is 0 Å². The minimum absolute atomic E-state index is 0.128. The van der Waals surface area contributed by atoms with Crippen molar-refractivity contribution in [3.05, 3.63) is 29.8 Å². The molecule has 2 rings (SSSR count). The molecule has 2 atom stereocenters. The van der Waals surface area contributed by atoms with Crippen molar-refractivity contribution in [3.63, 3.8) is 0 Å². The summed E-state index contributed by atoms with van der Waals surface area (Å²) >= 11 is 0. The van der Waals surface area contributed by atoms with Gasteiger partial charge in [-0.15, -0.1) is 0 Å². The Labute approximate surface area is 120 Å². The van der Waals surface area contributed by atoms with Crippen molar-refractivity contribution in [1.82, 2.24) is 5.32 Å². The molecular weight excluding hydrogens is 254 g/mol. The Hall–Kier alpha value is -1.55. The zero-order valence-corrected chi connectivity index (χ0v) is 12.2. The van der Waals surface area contributed by atoms with E-state index in [1.165, 1.54) is 12.8 Å². The number of rotatable bonds is 5. The van der Waals surface area contributed by atoms with E-state index in [1.807, 2.05) is 12.1 Å². The van der Waals surface area contributed by atoms with Gasteiger partial charge >= 0.3 is 5.97 Å². The number of benzene rings is 1. The Bertz CT molecular complexity index is 424. The van der Waals surface area contributed by atoms with Crippen molar-refractivity contribution in [1.29, 1.82) is 0 Å². The van der Waals surface area contributed by atoms with E-state index in [-0.39, 0.29) is 12.1 Å². The predicted octanol–water partition coefficient (Wildman–Crippen LogP) is 2.77. The minimum Gasteiger partial charge on any atom is -0.489 e. The first-order valence-electron chi connectivity index (χ1n) is 7.38. The van der Waals surface area contributed by atoms with Crippen LogP contribution in [-0.2, 0) is 4.74 Å². The second-order valence-corrected chi connectivity index (χ2v) is 5.12. The summed E-state index contributed by atoms with van der Waals surface area (Å²) in [5.74, 6) is 0.499. The van der Waals surface area contributed by atoms with Crippen molar-refractivity contribution in [3.8, 4) is 5.75 Å². The summed E-state index contributed by atoms with van der Waals surface area (Å²) in [6.45, 7) is 5.35. The molecule has 0 saturated carbocycles. The van der Waals surface area contributed by atoms with E-state index >= 15 is 0 Å². The molecule has 0 aromatic heterocycles. The lowest BCUT2D eigenvalue weighted by atomic mass is 10.0. The minimum atomic E-state index is -0.291. The molecule has 1 heterocycles. The predicted molar refractivity (Wildman–Crippen MR) is 78.1 cm³/mol. The lowest BCUT2D eigenvalue weighted by molar-refractivity contribution is 0.0526. The van der Waals surface area contributed by atoms with Crippen LogP contribution in [0.1, 0.15) is 43.5 Å². The zero-order valence-electron chi connectivity index (χ0n) is 12.2. The first-order valence-corrected chi connectivity index (χ1v) is 7.38. The van der Waals surface area contributed by atoms with Gasteiger partial charge in [0.1, 0.15) is 11.9 Å². The average molecular weight is 277 g/mol. The third-order valence-corrected chi connectivity index (χ3v) is 3.60. The summed E-state index contributed by atoms with van der Waals surface area (Å²) < 4.78 is 10.9. The summed E-state index contributed by atoms with van der Waals surface area (Å²) in [7, 11) is 0. The molecule has 4 heteroatoms. The molecule has 1 saturated heterocycles. The van der Waals surface area contributed by atoms with Crippen LogP contribution in [0, 0.1) is 0 Å². The fraction of sp³-hybridized carbons (Fsp3) is 0.562. The number of carbonyl (C=O) groups is 1. The second kappa shape index (κ2) is 7.29. The highest BCUT2D eigenvalue weighted by atomic mass is 16.5. The van der Waals surface area contributed by atoms with Crippen molar-refractivity contribution < 1.29 is 14.3 Å².